The summed E-state index contributed by atoms with van der Waals surface area (Å²) in [5.41, 5.74) is 4.87. The number of carbonyl (C=O) groups excluding carboxylic acids is 7. The highest BCUT2D eigenvalue weighted by atomic mass is 16.5. The van der Waals surface area contributed by atoms with Crippen LogP contribution in [-0.2, 0) is 38.3 Å². The van der Waals surface area contributed by atoms with Crippen molar-refractivity contribution in [2.75, 3.05) is 26.7 Å². The summed E-state index contributed by atoms with van der Waals surface area (Å²) in [6.07, 6.45) is 0.441. The Labute approximate surface area is 178 Å². The number of Topliss-reactive ketones (excluding diaryl/α,β-unsaturated/α-hetero) is 1. The van der Waals surface area contributed by atoms with Crippen LogP contribution in [-0.4, -0.2) is 85.0 Å². The number of amides is 5. The van der Waals surface area contributed by atoms with E-state index in [1.54, 1.807) is 0 Å². The predicted octanol–water partition coefficient (Wildman–Crippen LogP) is -3.28. The molecular formula is C18H27N5O8. The minimum Gasteiger partial charge on any atom is -0.468 e. The second-order valence-corrected chi connectivity index (χ2v) is 6.84. The van der Waals surface area contributed by atoms with Gasteiger partial charge in [-0.3, -0.25) is 33.6 Å². The van der Waals surface area contributed by atoms with Gasteiger partial charge in [0.25, 0.3) is 5.91 Å². The van der Waals surface area contributed by atoms with Crippen LogP contribution in [0.1, 0.15) is 32.6 Å². The Morgan fingerprint density at radius 2 is 1.77 bits per heavy atom. The van der Waals surface area contributed by atoms with Crippen LogP contribution in [0.15, 0.2) is 0 Å². The zero-order chi connectivity index (χ0) is 23.6. The van der Waals surface area contributed by atoms with Crippen LogP contribution >= 0.6 is 0 Å². The summed E-state index contributed by atoms with van der Waals surface area (Å²) >= 11 is 0. The fraction of sp³-hybridized carbons (Fsp3) is 0.611. The van der Waals surface area contributed by atoms with Gasteiger partial charge >= 0.3 is 5.97 Å². The number of hydrogen-bond donors (Lipinski definition) is 4. The van der Waals surface area contributed by atoms with E-state index in [0.717, 1.165) is 0 Å². The number of esters is 1. The molecule has 0 aliphatic carbocycles. The second-order valence-electron chi connectivity index (χ2n) is 6.84. The smallest absolute Gasteiger partial charge is 0.325 e. The Morgan fingerprint density at radius 3 is 2.35 bits per heavy atom. The van der Waals surface area contributed by atoms with Crippen LogP contribution in [0.3, 0.4) is 0 Å². The normalized spacial score (nSPS) is 16.1. The number of ether oxygens (including phenoxy) is 1. The summed E-state index contributed by atoms with van der Waals surface area (Å²) < 4.78 is 4.44. The Balaban J connectivity index is 2.63. The average Bonchev–Trinajstić information content (AvgIpc) is 3.22. The molecule has 31 heavy (non-hydrogen) atoms. The Hall–Kier alpha value is -3.51. The zero-order valence-corrected chi connectivity index (χ0v) is 17.4. The number of nitrogens with one attached hydrogen (secondary N) is 3. The number of likely N-dealkylation sites (tertiary alicyclic amines) is 1. The lowest BCUT2D eigenvalue weighted by Crippen LogP contribution is -2.52. The topological polar surface area (TPSA) is 194 Å². The van der Waals surface area contributed by atoms with E-state index in [0.29, 0.717) is 19.4 Å². The third-order valence-electron chi connectivity index (χ3n) is 4.55. The quantitative estimate of drug-likeness (QED) is 0.189. The summed E-state index contributed by atoms with van der Waals surface area (Å²) in [4.78, 5) is 83.0. The lowest BCUT2D eigenvalue weighted by Gasteiger charge is -2.24. The molecular weight excluding hydrogens is 414 g/mol. The third-order valence-corrected chi connectivity index (χ3v) is 4.55. The first-order valence-corrected chi connectivity index (χ1v) is 9.58. The Bertz CT molecular complexity index is 753. The van der Waals surface area contributed by atoms with Crippen molar-refractivity contribution >= 4 is 41.3 Å². The maximum absolute atomic E-state index is 12.5. The monoisotopic (exact) mass is 441 g/mol. The van der Waals surface area contributed by atoms with Crippen LogP contribution in [0, 0.1) is 0 Å². The number of primary amides is 1. The molecule has 0 aromatic heterocycles. The van der Waals surface area contributed by atoms with Gasteiger partial charge in [0.15, 0.2) is 0 Å². The fourth-order valence-electron chi connectivity index (χ4n) is 2.99. The van der Waals surface area contributed by atoms with E-state index in [-0.39, 0.29) is 19.4 Å². The number of nitrogens with two attached hydrogens (primary N) is 1. The van der Waals surface area contributed by atoms with Gasteiger partial charge < -0.3 is 31.3 Å². The van der Waals surface area contributed by atoms with Gasteiger partial charge in [0.2, 0.25) is 29.4 Å². The number of rotatable bonds is 11. The number of ketones is 1. The van der Waals surface area contributed by atoms with Crippen molar-refractivity contribution < 1.29 is 38.3 Å². The summed E-state index contributed by atoms with van der Waals surface area (Å²) in [6, 6.07) is -1.93. The number of hydrogen-bond acceptors (Lipinski definition) is 8. The predicted molar refractivity (Wildman–Crippen MR) is 104 cm³/mol. The molecule has 1 aliphatic heterocycles. The van der Waals surface area contributed by atoms with Crippen molar-refractivity contribution in [3.8, 4) is 0 Å². The number of methoxy groups -OCH3 is 1. The third kappa shape index (κ3) is 8.40. The van der Waals surface area contributed by atoms with Gasteiger partial charge in [-0.1, -0.05) is 0 Å². The molecule has 1 fully saturated rings. The van der Waals surface area contributed by atoms with Crippen molar-refractivity contribution in [3.63, 3.8) is 0 Å². The van der Waals surface area contributed by atoms with Crippen molar-refractivity contribution in [2.24, 2.45) is 5.73 Å². The van der Waals surface area contributed by atoms with Gasteiger partial charge in [-0.25, -0.2) is 0 Å². The highest BCUT2D eigenvalue weighted by molar-refractivity contribution is 6.35. The number of nitrogens with zero attached hydrogens (tertiary/aromatic N) is 1. The molecule has 2 unspecified atom stereocenters. The van der Waals surface area contributed by atoms with Gasteiger partial charge in [-0.2, -0.15) is 0 Å². The first-order chi connectivity index (χ1) is 14.6. The van der Waals surface area contributed by atoms with Gasteiger partial charge in [0.1, 0.15) is 18.6 Å². The molecule has 0 bridgehead atoms. The molecule has 13 heteroatoms. The zero-order valence-electron chi connectivity index (χ0n) is 17.4. The van der Waals surface area contributed by atoms with Gasteiger partial charge in [-0.05, 0) is 19.3 Å². The van der Waals surface area contributed by atoms with E-state index in [1.807, 2.05) is 0 Å². The Kier molecular flexibility index (Phi) is 10.1. The van der Waals surface area contributed by atoms with Crippen LogP contribution < -0.4 is 21.7 Å². The molecule has 13 nitrogen and oxygen atoms in total. The van der Waals surface area contributed by atoms with Gasteiger partial charge in [0.05, 0.1) is 13.7 Å². The van der Waals surface area contributed by atoms with E-state index in [4.69, 9.17) is 5.73 Å². The molecule has 2 atom stereocenters. The fourth-order valence-corrected chi connectivity index (χ4v) is 2.99. The molecule has 5 N–H and O–H groups in total. The van der Waals surface area contributed by atoms with E-state index in [1.165, 1.54) is 18.9 Å². The van der Waals surface area contributed by atoms with E-state index in [2.05, 4.69) is 20.7 Å². The minimum atomic E-state index is -1.15. The molecule has 0 saturated carbocycles. The maximum atomic E-state index is 12.5. The molecule has 1 rings (SSSR count). The van der Waals surface area contributed by atoms with Crippen molar-refractivity contribution in [2.45, 2.75) is 44.7 Å². The second kappa shape index (κ2) is 12.2. The first kappa shape index (κ1) is 25.5. The largest absolute Gasteiger partial charge is 0.468 e. The van der Waals surface area contributed by atoms with Crippen LogP contribution in [0.2, 0.25) is 0 Å². The Morgan fingerprint density at radius 1 is 1.10 bits per heavy atom. The van der Waals surface area contributed by atoms with Crippen LogP contribution in [0.4, 0.5) is 0 Å². The highest BCUT2D eigenvalue weighted by Crippen LogP contribution is 2.17. The molecule has 0 radical (unpaired) electrons. The van der Waals surface area contributed by atoms with Gasteiger partial charge in [-0.15, -0.1) is 0 Å². The first-order valence-electron chi connectivity index (χ1n) is 9.58. The summed E-state index contributed by atoms with van der Waals surface area (Å²) in [5.74, 6) is -4.98. The SMILES string of the molecule is COC(=O)CNC(=O)C1CCCN1C(=O)CNC(=O)C(CCC(=O)C(N)=O)NC(C)=O. The molecule has 1 heterocycles. The van der Waals surface area contributed by atoms with Crippen LogP contribution in [0.5, 0.6) is 0 Å². The summed E-state index contributed by atoms with van der Waals surface area (Å²) in [7, 11) is 1.18. The maximum Gasteiger partial charge on any atom is 0.325 e. The molecule has 5 amide bonds. The lowest BCUT2D eigenvalue weighted by molar-refractivity contribution is -0.143. The summed E-state index contributed by atoms with van der Waals surface area (Å²) in [5, 5.41) is 7.09. The van der Waals surface area contributed by atoms with Crippen molar-refractivity contribution in [1.29, 1.82) is 0 Å². The van der Waals surface area contributed by atoms with Crippen molar-refractivity contribution in [3.05, 3.63) is 0 Å². The van der Waals surface area contributed by atoms with E-state index >= 15 is 0 Å². The number of carbonyl (C=O) groups is 7. The lowest BCUT2D eigenvalue weighted by atomic mass is 10.1. The standard InChI is InChI=1S/C18H27N5O8/c1-10(24)22-11(5-6-13(25)16(19)28)17(29)20-8-14(26)23-7-3-4-12(23)18(30)21-9-15(27)31-2/h11-12H,3-9H2,1-2H3,(H2,19,28)(H,20,29)(H,21,30)(H,22,24). The van der Waals surface area contributed by atoms with E-state index in [9.17, 15) is 33.6 Å². The molecule has 1 aliphatic rings. The molecule has 0 spiro atoms. The molecule has 172 valence electrons. The molecule has 0 aromatic carbocycles. The van der Waals surface area contributed by atoms with Gasteiger partial charge in [0, 0.05) is 19.9 Å². The average molecular weight is 441 g/mol. The highest BCUT2D eigenvalue weighted by Gasteiger charge is 2.34. The molecule has 1 saturated heterocycles. The molecule has 0 aromatic rings. The van der Waals surface area contributed by atoms with Crippen LogP contribution in [0.25, 0.3) is 0 Å². The van der Waals surface area contributed by atoms with E-state index < -0.39 is 59.9 Å². The van der Waals surface area contributed by atoms with Crippen molar-refractivity contribution in [1.82, 2.24) is 20.9 Å². The summed E-state index contributed by atoms with van der Waals surface area (Å²) in [6.45, 7) is 0.697. The minimum absolute atomic E-state index is 0.177.